The standard InChI is InChI=1S/C18H19FN2O2S/c1-12(2)11-23-16-6-4-3-5-15(16)20-18(24)21-17(22)13-7-9-14(19)10-8-13/h3-10,12H,11H2,1-2H3,(H2,20,21,22,24). The van der Waals surface area contributed by atoms with Crippen LogP contribution in [0.3, 0.4) is 0 Å². The number of benzene rings is 2. The van der Waals surface area contributed by atoms with Gasteiger partial charge in [-0.1, -0.05) is 26.0 Å². The van der Waals surface area contributed by atoms with Gasteiger partial charge in [0.1, 0.15) is 11.6 Å². The molecule has 2 rings (SSSR count). The number of hydrogen-bond donors (Lipinski definition) is 2. The van der Waals surface area contributed by atoms with Crippen molar-refractivity contribution in [2.24, 2.45) is 5.92 Å². The van der Waals surface area contributed by atoms with Gasteiger partial charge in [0, 0.05) is 5.56 Å². The molecule has 0 fully saturated rings. The van der Waals surface area contributed by atoms with Crippen LogP contribution in [0.5, 0.6) is 5.75 Å². The molecule has 0 aliphatic rings. The minimum Gasteiger partial charge on any atom is -0.491 e. The number of amides is 1. The van der Waals surface area contributed by atoms with Gasteiger partial charge in [0.25, 0.3) is 5.91 Å². The lowest BCUT2D eigenvalue weighted by Gasteiger charge is -2.15. The van der Waals surface area contributed by atoms with Crippen LogP contribution in [0.4, 0.5) is 10.1 Å². The lowest BCUT2D eigenvalue weighted by Crippen LogP contribution is -2.34. The average Bonchev–Trinajstić information content (AvgIpc) is 2.54. The van der Waals surface area contributed by atoms with E-state index in [1.807, 2.05) is 24.3 Å². The summed E-state index contributed by atoms with van der Waals surface area (Å²) in [7, 11) is 0. The first-order valence-corrected chi connectivity index (χ1v) is 7.96. The van der Waals surface area contributed by atoms with Gasteiger partial charge in [0.05, 0.1) is 12.3 Å². The number of carbonyl (C=O) groups is 1. The molecule has 0 aliphatic heterocycles. The highest BCUT2D eigenvalue weighted by Gasteiger charge is 2.10. The van der Waals surface area contributed by atoms with E-state index in [1.54, 1.807) is 0 Å². The molecular weight excluding hydrogens is 327 g/mol. The van der Waals surface area contributed by atoms with Gasteiger partial charge >= 0.3 is 0 Å². The molecule has 0 bridgehead atoms. The third-order valence-corrected chi connectivity index (χ3v) is 3.25. The second-order valence-electron chi connectivity index (χ2n) is 5.62. The molecule has 2 aromatic rings. The molecular formula is C18H19FN2O2S. The van der Waals surface area contributed by atoms with Gasteiger partial charge in [-0.05, 0) is 54.5 Å². The number of halogens is 1. The number of rotatable bonds is 5. The molecule has 2 N–H and O–H groups in total. The van der Waals surface area contributed by atoms with Gasteiger partial charge in [0.15, 0.2) is 5.11 Å². The molecule has 0 saturated carbocycles. The largest absolute Gasteiger partial charge is 0.491 e. The van der Waals surface area contributed by atoms with E-state index < -0.39 is 11.7 Å². The molecule has 0 aromatic heterocycles. The maximum atomic E-state index is 12.9. The Morgan fingerprint density at radius 3 is 2.50 bits per heavy atom. The van der Waals surface area contributed by atoms with Crippen molar-refractivity contribution in [3.05, 3.63) is 59.9 Å². The SMILES string of the molecule is CC(C)COc1ccccc1NC(=S)NC(=O)c1ccc(F)cc1. The molecule has 0 radical (unpaired) electrons. The number of ether oxygens (including phenoxy) is 1. The van der Waals surface area contributed by atoms with Crippen molar-refractivity contribution >= 4 is 28.9 Å². The Bertz CT molecular complexity index is 717. The predicted molar refractivity (Wildman–Crippen MR) is 96.9 cm³/mol. The van der Waals surface area contributed by atoms with Gasteiger partial charge in [0.2, 0.25) is 0 Å². The summed E-state index contributed by atoms with van der Waals surface area (Å²) in [5, 5.41) is 5.65. The fraction of sp³-hybridized carbons (Fsp3) is 0.222. The van der Waals surface area contributed by atoms with E-state index in [1.165, 1.54) is 24.3 Å². The lowest BCUT2D eigenvalue weighted by molar-refractivity contribution is 0.0977. The number of para-hydroxylation sites is 2. The Balaban J connectivity index is 1.99. The van der Waals surface area contributed by atoms with Crippen molar-refractivity contribution in [2.75, 3.05) is 11.9 Å². The zero-order chi connectivity index (χ0) is 17.5. The van der Waals surface area contributed by atoms with E-state index >= 15 is 0 Å². The number of anilines is 1. The van der Waals surface area contributed by atoms with E-state index in [2.05, 4.69) is 24.5 Å². The fourth-order valence-electron chi connectivity index (χ4n) is 1.88. The Labute approximate surface area is 146 Å². The van der Waals surface area contributed by atoms with E-state index in [0.717, 1.165) is 0 Å². The summed E-state index contributed by atoms with van der Waals surface area (Å²) < 4.78 is 18.6. The number of carbonyl (C=O) groups excluding carboxylic acids is 1. The smallest absolute Gasteiger partial charge is 0.257 e. The number of hydrogen-bond acceptors (Lipinski definition) is 3. The topological polar surface area (TPSA) is 50.4 Å². The summed E-state index contributed by atoms with van der Waals surface area (Å²) in [6, 6.07) is 12.6. The molecule has 0 saturated heterocycles. The molecule has 0 unspecified atom stereocenters. The van der Waals surface area contributed by atoms with Crippen LogP contribution in [0.15, 0.2) is 48.5 Å². The molecule has 2 aromatic carbocycles. The molecule has 0 aliphatic carbocycles. The second kappa shape index (κ2) is 8.40. The van der Waals surface area contributed by atoms with Crippen LogP contribution in [-0.2, 0) is 0 Å². The Morgan fingerprint density at radius 2 is 1.83 bits per heavy atom. The number of nitrogens with one attached hydrogen (secondary N) is 2. The van der Waals surface area contributed by atoms with Crippen LogP contribution in [0, 0.1) is 11.7 Å². The number of thiocarbonyl (C=S) groups is 1. The quantitative estimate of drug-likeness (QED) is 0.804. The van der Waals surface area contributed by atoms with Gasteiger partial charge < -0.3 is 10.1 Å². The van der Waals surface area contributed by atoms with E-state index in [-0.39, 0.29) is 5.11 Å². The van der Waals surface area contributed by atoms with Gasteiger partial charge in [-0.25, -0.2) is 4.39 Å². The van der Waals surface area contributed by atoms with Crippen molar-refractivity contribution in [3.8, 4) is 5.75 Å². The highest BCUT2D eigenvalue weighted by Crippen LogP contribution is 2.24. The van der Waals surface area contributed by atoms with Crippen molar-refractivity contribution in [3.63, 3.8) is 0 Å². The first-order chi connectivity index (χ1) is 11.5. The highest BCUT2D eigenvalue weighted by atomic mass is 32.1. The summed E-state index contributed by atoms with van der Waals surface area (Å²) in [5.41, 5.74) is 0.993. The van der Waals surface area contributed by atoms with Crippen molar-refractivity contribution in [2.45, 2.75) is 13.8 Å². The van der Waals surface area contributed by atoms with Crippen LogP contribution in [0.1, 0.15) is 24.2 Å². The molecule has 0 spiro atoms. The van der Waals surface area contributed by atoms with Crippen LogP contribution in [-0.4, -0.2) is 17.6 Å². The van der Waals surface area contributed by atoms with Crippen molar-refractivity contribution < 1.29 is 13.9 Å². The van der Waals surface area contributed by atoms with E-state index in [9.17, 15) is 9.18 Å². The Kier molecular flexibility index (Phi) is 6.26. The van der Waals surface area contributed by atoms with E-state index in [4.69, 9.17) is 17.0 Å². The van der Waals surface area contributed by atoms with E-state index in [0.29, 0.717) is 29.5 Å². The van der Waals surface area contributed by atoms with Crippen LogP contribution in [0.2, 0.25) is 0 Å². The predicted octanol–water partition coefficient (Wildman–Crippen LogP) is 3.99. The van der Waals surface area contributed by atoms with Crippen molar-refractivity contribution in [1.29, 1.82) is 0 Å². The maximum Gasteiger partial charge on any atom is 0.257 e. The summed E-state index contributed by atoms with van der Waals surface area (Å²) in [4.78, 5) is 12.1. The first-order valence-electron chi connectivity index (χ1n) is 7.55. The average molecular weight is 346 g/mol. The third kappa shape index (κ3) is 5.31. The normalized spacial score (nSPS) is 10.3. The molecule has 6 heteroatoms. The molecule has 0 heterocycles. The lowest BCUT2D eigenvalue weighted by atomic mass is 10.2. The van der Waals surface area contributed by atoms with Crippen LogP contribution in [0.25, 0.3) is 0 Å². The minimum absolute atomic E-state index is 0.143. The minimum atomic E-state index is -0.409. The van der Waals surface area contributed by atoms with Crippen LogP contribution < -0.4 is 15.4 Å². The summed E-state index contributed by atoms with van der Waals surface area (Å²) >= 11 is 5.16. The summed E-state index contributed by atoms with van der Waals surface area (Å²) in [6.45, 7) is 4.70. The zero-order valence-corrected chi connectivity index (χ0v) is 14.3. The third-order valence-electron chi connectivity index (χ3n) is 3.04. The Morgan fingerprint density at radius 1 is 1.17 bits per heavy atom. The monoisotopic (exact) mass is 346 g/mol. The highest BCUT2D eigenvalue weighted by molar-refractivity contribution is 7.80. The first kappa shape index (κ1) is 17.9. The fourth-order valence-corrected chi connectivity index (χ4v) is 2.08. The van der Waals surface area contributed by atoms with Gasteiger partial charge in [-0.2, -0.15) is 0 Å². The second-order valence-corrected chi connectivity index (χ2v) is 6.02. The van der Waals surface area contributed by atoms with Crippen LogP contribution >= 0.6 is 12.2 Å². The maximum absolute atomic E-state index is 12.9. The summed E-state index contributed by atoms with van der Waals surface area (Å²) in [5.74, 6) is 0.240. The van der Waals surface area contributed by atoms with Crippen molar-refractivity contribution in [1.82, 2.24) is 5.32 Å². The molecule has 24 heavy (non-hydrogen) atoms. The zero-order valence-electron chi connectivity index (χ0n) is 13.5. The molecule has 4 nitrogen and oxygen atoms in total. The molecule has 0 atom stereocenters. The summed E-state index contributed by atoms with van der Waals surface area (Å²) in [6.07, 6.45) is 0. The molecule has 126 valence electrons. The van der Waals surface area contributed by atoms with Gasteiger partial charge in [-0.15, -0.1) is 0 Å². The Hall–Kier alpha value is -2.47. The van der Waals surface area contributed by atoms with Gasteiger partial charge in [-0.3, -0.25) is 10.1 Å². The molecule has 1 amide bonds.